The Morgan fingerprint density at radius 2 is 1.68 bits per heavy atom. The monoisotopic (exact) mass is 442 g/mol. The van der Waals surface area contributed by atoms with Gasteiger partial charge in [-0.2, -0.15) is 0 Å². The number of hydrogen-bond donors (Lipinski definition) is 3. The van der Waals surface area contributed by atoms with E-state index in [1.54, 1.807) is 42.5 Å². The van der Waals surface area contributed by atoms with Crippen LogP contribution in [-0.2, 0) is 31.6 Å². The molecule has 1 atom stereocenters. The minimum Gasteiger partial charge on any atom is -0.481 e. The number of hydrogen-bond acceptors (Lipinski definition) is 5. The Kier molecular flexibility index (Phi) is 6.57. The van der Waals surface area contributed by atoms with Gasteiger partial charge in [0.2, 0.25) is 15.9 Å². The average Bonchev–Trinajstić information content (AvgIpc) is 3.27. The third kappa shape index (κ3) is 5.39. The van der Waals surface area contributed by atoms with Crippen molar-refractivity contribution in [3.8, 4) is 0 Å². The van der Waals surface area contributed by atoms with Crippen molar-refractivity contribution in [1.82, 2.24) is 4.72 Å². The lowest BCUT2D eigenvalue weighted by Gasteiger charge is -2.24. The molecule has 162 valence electrons. The number of sulfonamides is 1. The normalized spacial score (nSPS) is 13.3. The molecule has 1 amide bonds. The van der Waals surface area contributed by atoms with Crippen LogP contribution in [0, 0.1) is 0 Å². The summed E-state index contributed by atoms with van der Waals surface area (Å²) in [4.78, 5) is 24.4. The maximum absolute atomic E-state index is 12.5. The molecule has 8 nitrogen and oxygen atoms in total. The van der Waals surface area contributed by atoms with E-state index in [9.17, 15) is 23.1 Å². The first-order valence-corrected chi connectivity index (χ1v) is 10.9. The maximum Gasteiger partial charge on any atom is 0.314 e. The first kappa shape index (κ1) is 22.3. The number of benzene rings is 2. The fraction of sp³-hybridized carbons (Fsp3) is 0.182. The molecule has 0 fully saturated rings. The summed E-state index contributed by atoms with van der Waals surface area (Å²) in [6.45, 7) is 1.51. The van der Waals surface area contributed by atoms with Crippen LogP contribution in [-0.4, -0.2) is 25.4 Å². The van der Waals surface area contributed by atoms with E-state index in [0.717, 1.165) is 0 Å². The van der Waals surface area contributed by atoms with Crippen molar-refractivity contribution >= 4 is 27.6 Å². The Balaban J connectivity index is 1.66. The van der Waals surface area contributed by atoms with Crippen LogP contribution in [0.3, 0.4) is 0 Å². The number of furan rings is 1. The molecule has 0 aliphatic heterocycles. The van der Waals surface area contributed by atoms with Gasteiger partial charge in [0.15, 0.2) is 0 Å². The molecule has 0 saturated carbocycles. The van der Waals surface area contributed by atoms with E-state index < -0.39 is 27.3 Å². The minimum atomic E-state index is -3.76. The fourth-order valence-electron chi connectivity index (χ4n) is 3.01. The Bertz CT molecular complexity index is 1140. The van der Waals surface area contributed by atoms with Crippen molar-refractivity contribution in [3.05, 3.63) is 84.3 Å². The minimum absolute atomic E-state index is 0.0150. The summed E-state index contributed by atoms with van der Waals surface area (Å²) in [6.07, 6.45) is 1.17. The lowest BCUT2D eigenvalue weighted by Crippen LogP contribution is -2.36. The van der Waals surface area contributed by atoms with E-state index in [-0.39, 0.29) is 17.9 Å². The summed E-state index contributed by atoms with van der Waals surface area (Å²) >= 11 is 0. The van der Waals surface area contributed by atoms with Crippen LogP contribution in [0.4, 0.5) is 5.69 Å². The highest BCUT2D eigenvalue weighted by atomic mass is 32.2. The molecular weight excluding hydrogens is 420 g/mol. The molecule has 0 aliphatic carbocycles. The molecule has 3 aromatic rings. The van der Waals surface area contributed by atoms with Gasteiger partial charge in [-0.15, -0.1) is 0 Å². The quantitative estimate of drug-likeness (QED) is 0.467. The molecule has 0 saturated heterocycles. The van der Waals surface area contributed by atoms with Gasteiger partial charge in [-0.25, -0.2) is 13.1 Å². The average molecular weight is 442 g/mol. The van der Waals surface area contributed by atoms with Gasteiger partial charge < -0.3 is 14.8 Å². The first-order valence-electron chi connectivity index (χ1n) is 9.41. The number of anilines is 1. The molecule has 9 heteroatoms. The fourth-order valence-corrected chi connectivity index (χ4v) is 4.01. The van der Waals surface area contributed by atoms with E-state index in [1.165, 1.54) is 37.5 Å². The standard InChI is InChI=1S/C22H22N2O6S/c1-22(21(26)27,16-6-3-2-4-7-16)14-20(25)24-17-9-11-19(12-10-17)31(28,29)23-15-18-8-5-13-30-18/h2-13,23H,14-15H2,1H3,(H,24,25)(H,26,27)/t22-/m1/s1. The van der Waals surface area contributed by atoms with Crippen molar-refractivity contribution in [1.29, 1.82) is 0 Å². The van der Waals surface area contributed by atoms with Gasteiger partial charge in [0.25, 0.3) is 0 Å². The van der Waals surface area contributed by atoms with Gasteiger partial charge in [-0.05, 0) is 48.9 Å². The predicted octanol–water partition coefficient (Wildman–Crippen LogP) is 3.13. The molecular formula is C22H22N2O6S. The summed E-state index contributed by atoms with van der Waals surface area (Å²) in [7, 11) is -3.76. The number of carbonyl (C=O) groups excluding carboxylic acids is 1. The second-order valence-electron chi connectivity index (χ2n) is 7.16. The van der Waals surface area contributed by atoms with Crippen LogP contribution in [0.2, 0.25) is 0 Å². The van der Waals surface area contributed by atoms with Crippen molar-refractivity contribution in [2.45, 2.75) is 30.2 Å². The summed E-state index contributed by atoms with van der Waals surface area (Å²) in [5.74, 6) is -1.13. The van der Waals surface area contributed by atoms with E-state index in [2.05, 4.69) is 10.0 Å². The second-order valence-corrected chi connectivity index (χ2v) is 8.92. The van der Waals surface area contributed by atoms with Gasteiger partial charge >= 0.3 is 5.97 Å². The first-order chi connectivity index (χ1) is 14.7. The van der Waals surface area contributed by atoms with Crippen LogP contribution in [0.1, 0.15) is 24.7 Å². The molecule has 0 unspecified atom stereocenters. The van der Waals surface area contributed by atoms with Gasteiger partial charge in [0.1, 0.15) is 5.76 Å². The van der Waals surface area contributed by atoms with E-state index in [0.29, 0.717) is 17.0 Å². The third-order valence-electron chi connectivity index (χ3n) is 4.86. The SMILES string of the molecule is C[C@](CC(=O)Nc1ccc(S(=O)(=O)NCc2ccco2)cc1)(C(=O)O)c1ccccc1. The number of aliphatic carboxylic acids is 1. The Morgan fingerprint density at radius 3 is 2.26 bits per heavy atom. The van der Waals surface area contributed by atoms with Gasteiger partial charge in [-0.3, -0.25) is 9.59 Å². The van der Waals surface area contributed by atoms with Crippen LogP contribution in [0.5, 0.6) is 0 Å². The number of amides is 1. The number of carboxylic acid groups (broad SMARTS) is 1. The lowest BCUT2D eigenvalue weighted by atomic mass is 9.79. The van der Waals surface area contributed by atoms with Crippen molar-refractivity contribution < 1.29 is 27.5 Å². The number of nitrogens with one attached hydrogen (secondary N) is 2. The summed E-state index contributed by atoms with van der Waals surface area (Å²) in [5.41, 5.74) is -0.526. The van der Waals surface area contributed by atoms with Crippen molar-refractivity contribution in [2.24, 2.45) is 0 Å². The smallest absolute Gasteiger partial charge is 0.314 e. The summed E-state index contributed by atoms with van der Waals surface area (Å²) in [5, 5.41) is 12.3. The third-order valence-corrected chi connectivity index (χ3v) is 6.28. The zero-order valence-corrected chi connectivity index (χ0v) is 17.6. The predicted molar refractivity (Wildman–Crippen MR) is 114 cm³/mol. The largest absolute Gasteiger partial charge is 0.481 e. The Hall–Kier alpha value is -3.43. The molecule has 0 aliphatic rings. The summed E-state index contributed by atoms with van der Waals surface area (Å²) in [6, 6.07) is 17.4. The molecule has 1 heterocycles. The second kappa shape index (κ2) is 9.15. The Morgan fingerprint density at radius 1 is 1.00 bits per heavy atom. The summed E-state index contributed by atoms with van der Waals surface area (Å²) < 4.78 is 32.3. The zero-order chi connectivity index (χ0) is 22.5. The molecule has 3 rings (SSSR count). The molecule has 1 aromatic heterocycles. The molecule has 2 aromatic carbocycles. The van der Waals surface area contributed by atoms with Crippen LogP contribution in [0.25, 0.3) is 0 Å². The van der Waals surface area contributed by atoms with Gasteiger partial charge in [0.05, 0.1) is 23.1 Å². The Labute approximate surface area is 180 Å². The molecule has 0 spiro atoms. The van der Waals surface area contributed by atoms with Crippen LogP contribution in [0.15, 0.2) is 82.3 Å². The van der Waals surface area contributed by atoms with E-state index in [4.69, 9.17) is 4.42 Å². The molecule has 0 radical (unpaired) electrons. The maximum atomic E-state index is 12.5. The molecule has 0 bridgehead atoms. The van der Waals surface area contributed by atoms with Gasteiger partial charge in [0, 0.05) is 12.1 Å². The molecule has 31 heavy (non-hydrogen) atoms. The number of carboxylic acids is 1. The zero-order valence-electron chi connectivity index (χ0n) is 16.7. The van der Waals surface area contributed by atoms with E-state index in [1.807, 2.05) is 0 Å². The van der Waals surface area contributed by atoms with Gasteiger partial charge in [-0.1, -0.05) is 30.3 Å². The highest BCUT2D eigenvalue weighted by Crippen LogP contribution is 2.28. The highest BCUT2D eigenvalue weighted by molar-refractivity contribution is 7.89. The lowest BCUT2D eigenvalue weighted by molar-refractivity contribution is -0.145. The van der Waals surface area contributed by atoms with Crippen molar-refractivity contribution in [2.75, 3.05) is 5.32 Å². The van der Waals surface area contributed by atoms with Crippen molar-refractivity contribution in [3.63, 3.8) is 0 Å². The molecule has 3 N–H and O–H groups in total. The van der Waals surface area contributed by atoms with E-state index >= 15 is 0 Å². The highest BCUT2D eigenvalue weighted by Gasteiger charge is 2.37. The number of rotatable bonds is 9. The van der Waals surface area contributed by atoms with Crippen LogP contribution < -0.4 is 10.0 Å². The van der Waals surface area contributed by atoms with Crippen LogP contribution >= 0.6 is 0 Å². The topological polar surface area (TPSA) is 126 Å². The number of carbonyl (C=O) groups is 2.